The van der Waals surface area contributed by atoms with E-state index < -0.39 is 0 Å². The highest BCUT2D eigenvalue weighted by atomic mass is 35.5. The van der Waals surface area contributed by atoms with Gasteiger partial charge < -0.3 is 10.1 Å². The van der Waals surface area contributed by atoms with Gasteiger partial charge in [0.2, 0.25) is 0 Å². The number of ether oxygens (including phenoxy) is 1. The lowest BCUT2D eigenvalue weighted by Gasteiger charge is -2.30. The van der Waals surface area contributed by atoms with E-state index in [0.717, 1.165) is 37.1 Å². The van der Waals surface area contributed by atoms with Gasteiger partial charge in [-0.05, 0) is 61.4 Å². The van der Waals surface area contributed by atoms with Crippen LogP contribution in [0.15, 0.2) is 54.6 Å². The summed E-state index contributed by atoms with van der Waals surface area (Å²) in [7, 11) is 0. The highest BCUT2D eigenvalue weighted by molar-refractivity contribution is 6.31. The van der Waals surface area contributed by atoms with Crippen molar-refractivity contribution >= 4 is 35.0 Å². The molecule has 2 atom stereocenters. The first-order valence-electron chi connectivity index (χ1n) is 10.0. The van der Waals surface area contributed by atoms with Crippen LogP contribution in [-0.2, 0) is 9.53 Å². The zero-order chi connectivity index (χ0) is 20.6. The van der Waals surface area contributed by atoms with Crippen LogP contribution in [0.4, 0.5) is 16.2 Å². The van der Waals surface area contributed by atoms with Crippen molar-refractivity contribution in [3.05, 3.63) is 59.6 Å². The predicted molar refractivity (Wildman–Crippen MR) is 116 cm³/mol. The summed E-state index contributed by atoms with van der Waals surface area (Å²) in [4.78, 5) is 25.8. The molecule has 2 aromatic rings. The van der Waals surface area contributed by atoms with E-state index in [1.807, 2.05) is 42.5 Å². The first-order valence-corrected chi connectivity index (χ1v) is 10.4. The van der Waals surface area contributed by atoms with Crippen molar-refractivity contribution in [3.8, 4) is 0 Å². The standard InChI is InChI=1S/C23H27ClN2O3/c1-17(27)29-16-19-8-5-7-18(13-19)15-25-23(28)26(21-10-3-2-4-11-21)22-12-6-9-20(24)14-22/h2-4,6,9-12,14,18-19H,5,7-8,13,15-16H2,1H3,(H,25,28). The molecular formula is C23H27ClN2O3. The number of urea groups is 1. The third-order valence-corrected chi connectivity index (χ3v) is 5.47. The minimum absolute atomic E-state index is 0.180. The van der Waals surface area contributed by atoms with Gasteiger partial charge in [-0.2, -0.15) is 0 Å². The highest BCUT2D eigenvalue weighted by Gasteiger charge is 2.25. The van der Waals surface area contributed by atoms with Crippen LogP contribution in [0, 0.1) is 11.8 Å². The van der Waals surface area contributed by atoms with Crippen LogP contribution in [0.1, 0.15) is 32.6 Å². The summed E-state index contributed by atoms with van der Waals surface area (Å²) in [5, 5.41) is 3.67. The average Bonchev–Trinajstić information content (AvgIpc) is 2.72. The topological polar surface area (TPSA) is 58.6 Å². The van der Waals surface area contributed by atoms with Crippen LogP contribution in [0.2, 0.25) is 5.02 Å². The fourth-order valence-electron chi connectivity index (χ4n) is 3.86. The lowest BCUT2D eigenvalue weighted by atomic mass is 9.82. The van der Waals surface area contributed by atoms with Crippen LogP contribution in [0.25, 0.3) is 0 Å². The second-order valence-electron chi connectivity index (χ2n) is 7.54. The second-order valence-corrected chi connectivity index (χ2v) is 7.97. The molecule has 0 saturated heterocycles. The molecule has 1 fully saturated rings. The molecule has 2 amide bonds. The Morgan fingerprint density at radius 2 is 1.79 bits per heavy atom. The molecule has 0 aromatic heterocycles. The van der Waals surface area contributed by atoms with Crippen molar-refractivity contribution in [3.63, 3.8) is 0 Å². The van der Waals surface area contributed by atoms with E-state index >= 15 is 0 Å². The fourth-order valence-corrected chi connectivity index (χ4v) is 4.05. The Hall–Kier alpha value is -2.53. The van der Waals surface area contributed by atoms with Crippen molar-refractivity contribution in [2.24, 2.45) is 11.8 Å². The van der Waals surface area contributed by atoms with Crippen LogP contribution in [-0.4, -0.2) is 25.2 Å². The summed E-state index contributed by atoms with van der Waals surface area (Å²) in [5.74, 6) is 0.512. The predicted octanol–water partition coefficient (Wildman–Crippen LogP) is 5.56. The maximum Gasteiger partial charge on any atom is 0.326 e. The molecule has 1 aliphatic carbocycles. The van der Waals surface area contributed by atoms with Gasteiger partial charge in [-0.3, -0.25) is 9.69 Å². The van der Waals surface area contributed by atoms with E-state index in [4.69, 9.17) is 16.3 Å². The number of carbonyl (C=O) groups is 2. The summed E-state index contributed by atoms with van der Waals surface area (Å²) < 4.78 is 5.17. The van der Waals surface area contributed by atoms with E-state index in [1.54, 1.807) is 17.0 Å². The summed E-state index contributed by atoms with van der Waals surface area (Å²) in [6.45, 7) is 2.51. The number of nitrogens with zero attached hydrogens (tertiary/aromatic N) is 1. The molecule has 0 heterocycles. The number of para-hydroxylation sites is 1. The molecule has 1 N–H and O–H groups in total. The Balaban J connectivity index is 1.65. The van der Waals surface area contributed by atoms with Crippen LogP contribution in [0.5, 0.6) is 0 Å². The van der Waals surface area contributed by atoms with E-state index in [9.17, 15) is 9.59 Å². The summed E-state index contributed by atoms with van der Waals surface area (Å²) in [6.07, 6.45) is 4.18. The third-order valence-electron chi connectivity index (χ3n) is 5.24. The molecule has 29 heavy (non-hydrogen) atoms. The fraction of sp³-hybridized carbons (Fsp3) is 0.391. The van der Waals surface area contributed by atoms with Gasteiger partial charge in [0.05, 0.1) is 18.0 Å². The molecule has 1 saturated carbocycles. The maximum absolute atomic E-state index is 13.1. The molecule has 3 rings (SSSR count). The first kappa shape index (κ1) is 21.2. The van der Waals surface area contributed by atoms with Gasteiger partial charge in [-0.15, -0.1) is 0 Å². The number of nitrogens with one attached hydrogen (secondary N) is 1. The van der Waals surface area contributed by atoms with Gasteiger partial charge >= 0.3 is 12.0 Å². The Kier molecular flexibility index (Phi) is 7.53. The lowest BCUT2D eigenvalue weighted by molar-refractivity contribution is -0.142. The number of halogens is 1. The summed E-state index contributed by atoms with van der Waals surface area (Å²) in [5.41, 5.74) is 1.50. The molecule has 1 aliphatic rings. The summed E-state index contributed by atoms with van der Waals surface area (Å²) >= 11 is 6.15. The van der Waals surface area contributed by atoms with Crippen molar-refractivity contribution in [1.82, 2.24) is 5.32 Å². The van der Waals surface area contributed by atoms with E-state index in [-0.39, 0.29) is 12.0 Å². The zero-order valence-corrected chi connectivity index (χ0v) is 17.4. The second kappa shape index (κ2) is 10.3. The number of benzene rings is 2. The van der Waals surface area contributed by atoms with Gasteiger partial charge in [-0.25, -0.2) is 4.79 Å². The normalized spacial score (nSPS) is 18.7. The Morgan fingerprint density at radius 1 is 1.07 bits per heavy atom. The number of esters is 1. The first-order chi connectivity index (χ1) is 14.0. The molecule has 5 nitrogen and oxygen atoms in total. The van der Waals surface area contributed by atoms with Gasteiger partial charge in [0, 0.05) is 18.5 Å². The number of carbonyl (C=O) groups excluding carboxylic acids is 2. The summed E-state index contributed by atoms with van der Waals surface area (Å²) in [6, 6.07) is 16.6. The minimum Gasteiger partial charge on any atom is -0.466 e. The van der Waals surface area contributed by atoms with Crippen molar-refractivity contribution < 1.29 is 14.3 Å². The largest absolute Gasteiger partial charge is 0.466 e. The van der Waals surface area contributed by atoms with Crippen molar-refractivity contribution in [2.75, 3.05) is 18.1 Å². The quantitative estimate of drug-likeness (QED) is 0.629. The van der Waals surface area contributed by atoms with E-state index in [2.05, 4.69) is 5.32 Å². The molecular weight excluding hydrogens is 388 g/mol. The number of hydrogen-bond acceptors (Lipinski definition) is 3. The van der Waals surface area contributed by atoms with E-state index in [0.29, 0.717) is 30.0 Å². The van der Waals surface area contributed by atoms with Crippen LogP contribution in [0.3, 0.4) is 0 Å². The van der Waals surface area contributed by atoms with Gasteiger partial charge in [-0.1, -0.05) is 42.3 Å². The number of hydrogen-bond donors (Lipinski definition) is 1. The van der Waals surface area contributed by atoms with Gasteiger partial charge in [0.1, 0.15) is 0 Å². The molecule has 0 bridgehead atoms. The Morgan fingerprint density at radius 3 is 2.52 bits per heavy atom. The third kappa shape index (κ3) is 6.23. The van der Waals surface area contributed by atoms with E-state index in [1.165, 1.54) is 6.92 Å². The molecule has 0 spiro atoms. The van der Waals surface area contributed by atoms with Crippen LogP contribution < -0.4 is 10.2 Å². The highest BCUT2D eigenvalue weighted by Crippen LogP contribution is 2.30. The van der Waals surface area contributed by atoms with Crippen LogP contribution >= 0.6 is 11.6 Å². The zero-order valence-electron chi connectivity index (χ0n) is 16.6. The maximum atomic E-state index is 13.1. The van der Waals surface area contributed by atoms with Gasteiger partial charge in [0.25, 0.3) is 0 Å². The molecule has 6 heteroatoms. The lowest BCUT2D eigenvalue weighted by Crippen LogP contribution is -2.40. The Labute approximate surface area is 177 Å². The van der Waals surface area contributed by atoms with Gasteiger partial charge in [0.15, 0.2) is 0 Å². The number of rotatable bonds is 6. The molecule has 2 aromatic carbocycles. The Bertz CT molecular complexity index is 828. The molecule has 2 unspecified atom stereocenters. The van der Waals surface area contributed by atoms with Crippen molar-refractivity contribution in [2.45, 2.75) is 32.6 Å². The molecule has 0 radical (unpaired) electrons. The molecule has 154 valence electrons. The number of amides is 2. The molecule has 0 aliphatic heterocycles. The SMILES string of the molecule is CC(=O)OCC1CCCC(CNC(=O)N(c2ccccc2)c2cccc(Cl)c2)C1. The number of anilines is 2. The van der Waals surface area contributed by atoms with Crippen molar-refractivity contribution in [1.29, 1.82) is 0 Å². The average molecular weight is 415 g/mol. The minimum atomic E-state index is -0.236. The monoisotopic (exact) mass is 414 g/mol. The smallest absolute Gasteiger partial charge is 0.326 e.